The minimum Gasteiger partial charge on any atom is -0.497 e. The van der Waals surface area contributed by atoms with Gasteiger partial charge in [-0.25, -0.2) is 4.98 Å². The van der Waals surface area contributed by atoms with E-state index in [2.05, 4.69) is 22.3 Å². The number of anilines is 1. The van der Waals surface area contributed by atoms with Crippen LogP contribution in [0.4, 0.5) is 5.13 Å². The van der Waals surface area contributed by atoms with Crippen molar-refractivity contribution in [1.29, 1.82) is 0 Å². The maximum absolute atomic E-state index is 12.3. The van der Waals surface area contributed by atoms with Gasteiger partial charge in [-0.1, -0.05) is 12.1 Å². The molecular weight excluding hydrogens is 384 g/mol. The molecule has 1 amide bonds. The van der Waals surface area contributed by atoms with Crippen LogP contribution in [0.3, 0.4) is 0 Å². The van der Waals surface area contributed by atoms with Gasteiger partial charge in [-0.05, 0) is 31.0 Å². The van der Waals surface area contributed by atoms with Gasteiger partial charge in [0.25, 0.3) is 0 Å². The fourth-order valence-corrected chi connectivity index (χ4v) is 4.13. The van der Waals surface area contributed by atoms with Crippen LogP contribution in [-0.2, 0) is 11.2 Å². The van der Waals surface area contributed by atoms with Crippen LogP contribution in [0.2, 0.25) is 0 Å². The number of methoxy groups -OCH3 is 1. The maximum atomic E-state index is 12.3. The lowest BCUT2D eigenvalue weighted by Crippen LogP contribution is -2.54. The molecule has 8 heteroatoms. The standard InChI is InChI=1S/C19H25ClN4O2S/c1-14-13-23(9-10-24(14)18(25)7-4-8-20)19-21-17(22-27-19)12-15-5-3-6-16(11-15)26-2/h3,5-6,11,14H,4,7-10,12-13H2,1-2H3. The van der Waals surface area contributed by atoms with Crippen molar-refractivity contribution < 1.29 is 9.53 Å². The van der Waals surface area contributed by atoms with Gasteiger partial charge in [0, 0.05) is 55.9 Å². The lowest BCUT2D eigenvalue weighted by Gasteiger charge is -2.39. The molecule has 0 radical (unpaired) electrons. The van der Waals surface area contributed by atoms with E-state index >= 15 is 0 Å². The molecule has 2 aromatic rings. The van der Waals surface area contributed by atoms with Crippen LogP contribution >= 0.6 is 23.1 Å². The Hall–Kier alpha value is -1.86. The zero-order valence-electron chi connectivity index (χ0n) is 15.7. The molecule has 3 rings (SSSR count). The number of carbonyl (C=O) groups is 1. The van der Waals surface area contributed by atoms with E-state index in [9.17, 15) is 4.79 Å². The molecule has 1 aliphatic rings. The lowest BCUT2D eigenvalue weighted by molar-refractivity contribution is -0.133. The Morgan fingerprint density at radius 1 is 1.41 bits per heavy atom. The number of alkyl halides is 1. The summed E-state index contributed by atoms with van der Waals surface area (Å²) >= 11 is 7.13. The second-order valence-electron chi connectivity index (χ2n) is 6.70. The summed E-state index contributed by atoms with van der Waals surface area (Å²) in [6.07, 6.45) is 1.94. The molecule has 1 aromatic carbocycles. The minimum atomic E-state index is 0.160. The monoisotopic (exact) mass is 408 g/mol. The summed E-state index contributed by atoms with van der Waals surface area (Å²) in [5, 5.41) is 0.924. The molecule has 146 valence electrons. The number of ether oxygens (including phenoxy) is 1. The first-order chi connectivity index (χ1) is 13.1. The number of hydrogen-bond acceptors (Lipinski definition) is 6. The molecule has 0 spiro atoms. The number of amides is 1. The maximum Gasteiger partial charge on any atom is 0.222 e. The number of piperazine rings is 1. The van der Waals surface area contributed by atoms with E-state index in [-0.39, 0.29) is 11.9 Å². The number of nitrogens with zero attached hydrogens (tertiary/aromatic N) is 4. The number of hydrogen-bond donors (Lipinski definition) is 0. The second kappa shape index (κ2) is 9.37. The Morgan fingerprint density at radius 2 is 2.26 bits per heavy atom. The van der Waals surface area contributed by atoms with Crippen molar-refractivity contribution in [2.24, 2.45) is 0 Å². The largest absolute Gasteiger partial charge is 0.497 e. The van der Waals surface area contributed by atoms with Crippen LogP contribution in [0.15, 0.2) is 24.3 Å². The molecule has 0 N–H and O–H groups in total. The highest BCUT2D eigenvalue weighted by Crippen LogP contribution is 2.23. The summed E-state index contributed by atoms with van der Waals surface area (Å²) in [4.78, 5) is 21.2. The average molecular weight is 409 g/mol. The first-order valence-corrected chi connectivity index (χ1v) is 10.5. The Morgan fingerprint density at radius 3 is 3.00 bits per heavy atom. The van der Waals surface area contributed by atoms with Gasteiger partial charge in [0.15, 0.2) is 0 Å². The van der Waals surface area contributed by atoms with Crippen molar-refractivity contribution in [3.8, 4) is 5.75 Å². The zero-order valence-corrected chi connectivity index (χ0v) is 17.3. The Balaban J connectivity index is 1.59. The van der Waals surface area contributed by atoms with E-state index in [4.69, 9.17) is 21.3 Å². The molecule has 1 saturated heterocycles. The third kappa shape index (κ3) is 5.11. The first kappa shape index (κ1) is 19.9. The number of benzene rings is 1. The summed E-state index contributed by atoms with van der Waals surface area (Å²) in [7, 11) is 1.67. The Kier molecular flexibility index (Phi) is 6.90. The van der Waals surface area contributed by atoms with Gasteiger partial charge in [0.1, 0.15) is 11.6 Å². The van der Waals surface area contributed by atoms with Crippen molar-refractivity contribution in [1.82, 2.24) is 14.3 Å². The van der Waals surface area contributed by atoms with E-state index in [1.807, 2.05) is 23.1 Å². The quantitative estimate of drug-likeness (QED) is 0.658. The Bertz CT molecular complexity index is 770. The van der Waals surface area contributed by atoms with Crippen LogP contribution in [0.5, 0.6) is 5.75 Å². The van der Waals surface area contributed by atoms with E-state index in [1.165, 1.54) is 11.5 Å². The van der Waals surface area contributed by atoms with Crippen molar-refractivity contribution in [2.75, 3.05) is 37.5 Å². The molecule has 1 atom stereocenters. The molecule has 0 bridgehead atoms. The fourth-order valence-electron chi connectivity index (χ4n) is 3.27. The molecule has 6 nitrogen and oxygen atoms in total. The average Bonchev–Trinajstić information content (AvgIpc) is 3.14. The van der Waals surface area contributed by atoms with Gasteiger partial charge >= 0.3 is 0 Å². The van der Waals surface area contributed by atoms with Crippen molar-refractivity contribution in [3.63, 3.8) is 0 Å². The van der Waals surface area contributed by atoms with E-state index in [1.54, 1.807) is 7.11 Å². The number of aromatic nitrogens is 2. The van der Waals surface area contributed by atoms with E-state index in [0.717, 1.165) is 41.8 Å². The predicted molar refractivity (Wildman–Crippen MR) is 109 cm³/mol. The Labute approximate surface area is 169 Å². The highest BCUT2D eigenvalue weighted by atomic mass is 35.5. The molecule has 0 aliphatic carbocycles. The summed E-state index contributed by atoms with van der Waals surface area (Å²) in [6, 6.07) is 8.12. The summed E-state index contributed by atoms with van der Waals surface area (Å²) in [6.45, 7) is 4.36. The van der Waals surface area contributed by atoms with Crippen LogP contribution < -0.4 is 9.64 Å². The van der Waals surface area contributed by atoms with Crippen LogP contribution in [-0.4, -0.2) is 58.8 Å². The predicted octanol–water partition coefficient (Wildman–Crippen LogP) is 3.19. The van der Waals surface area contributed by atoms with Gasteiger partial charge in [0.05, 0.1) is 7.11 Å². The second-order valence-corrected chi connectivity index (χ2v) is 7.80. The normalized spacial score (nSPS) is 17.2. The molecule has 0 saturated carbocycles. The SMILES string of the molecule is COc1cccc(Cc2nsc(N3CCN(C(=O)CCCCl)C(C)C3)n2)c1. The summed E-state index contributed by atoms with van der Waals surface area (Å²) in [5.74, 6) is 2.38. The van der Waals surface area contributed by atoms with Crippen molar-refractivity contribution in [2.45, 2.75) is 32.2 Å². The smallest absolute Gasteiger partial charge is 0.222 e. The van der Waals surface area contributed by atoms with Gasteiger partial charge in [-0.2, -0.15) is 4.37 Å². The van der Waals surface area contributed by atoms with Crippen LogP contribution in [0, 0.1) is 0 Å². The lowest BCUT2D eigenvalue weighted by atomic mass is 10.1. The third-order valence-corrected chi connectivity index (χ3v) is 5.78. The molecule has 27 heavy (non-hydrogen) atoms. The molecule has 1 aliphatic heterocycles. The van der Waals surface area contributed by atoms with E-state index < -0.39 is 0 Å². The molecule has 1 unspecified atom stereocenters. The fraction of sp³-hybridized carbons (Fsp3) is 0.526. The number of carbonyl (C=O) groups excluding carboxylic acids is 1. The first-order valence-electron chi connectivity index (χ1n) is 9.16. The molecule has 1 aromatic heterocycles. The summed E-state index contributed by atoms with van der Waals surface area (Å²) in [5.41, 5.74) is 1.13. The highest BCUT2D eigenvalue weighted by Gasteiger charge is 2.28. The number of halogens is 1. The molecule has 1 fully saturated rings. The third-order valence-electron chi connectivity index (χ3n) is 4.70. The highest BCUT2D eigenvalue weighted by molar-refractivity contribution is 7.09. The summed E-state index contributed by atoms with van der Waals surface area (Å²) < 4.78 is 9.79. The molecular formula is C19H25ClN4O2S. The van der Waals surface area contributed by atoms with Crippen LogP contribution in [0.25, 0.3) is 0 Å². The van der Waals surface area contributed by atoms with Crippen LogP contribution in [0.1, 0.15) is 31.2 Å². The van der Waals surface area contributed by atoms with Gasteiger partial charge < -0.3 is 14.5 Å². The zero-order chi connectivity index (χ0) is 19.2. The van der Waals surface area contributed by atoms with E-state index in [0.29, 0.717) is 25.3 Å². The van der Waals surface area contributed by atoms with Gasteiger partial charge in [-0.15, -0.1) is 11.6 Å². The number of rotatable bonds is 7. The topological polar surface area (TPSA) is 58.6 Å². The minimum absolute atomic E-state index is 0.160. The van der Waals surface area contributed by atoms with Gasteiger partial charge in [0.2, 0.25) is 11.0 Å². The van der Waals surface area contributed by atoms with Crippen molar-refractivity contribution in [3.05, 3.63) is 35.7 Å². The van der Waals surface area contributed by atoms with Gasteiger partial charge in [-0.3, -0.25) is 4.79 Å². The van der Waals surface area contributed by atoms with Crippen molar-refractivity contribution >= 4 is 34.2 Å². The molecule has 2 heterocycles.